The first kappa shape index (κ1) is 39.0. The minimum Gasteiger partial charge on any atom is -0.481 e. The van der Waals surface area contributed by atoms with Crippen LogP contribution in [-0.2, 0) is 4.79 Å². The highest BCUT2D eigenvalue weighted by Gasteiger charge is 2.60. The highest BCUT2D eigenvalue weighted by atomic mass is 16.4. The fraction of sp³-hybridized carbons (Fsp3) is 0.933. The third kappa shape index (κ3) is 11.1. The Morgan fingerprint density at radius 3 is 1.98 bits per heavy atom. The first-order valence-corrected chi connectivity index (χ1v) is 21.5. The molecule has 47 heavy (non-hydrogen) atoms. The molecule has 2 heteroatoms. The second-order valence-corrected chi connectivity index (χ2v) is 18.7. The molecule has 1 N–H and O–H groups in total. The van der Waals surface area contributed by atoms with Gasteiger partial charge in [-0.25, -0.2) is 0 Å². The number of allylic oxidation sites excluding steroid dienone is 2. The summed E-state index contributed by atoms with van der Waals surface area (Å²) in [5, 5.41) is 8.69. The average Bonchev–Trinajstić information content (AvgIpc) is 3.39. The third-order valence-corrected chi connectivity index (χ3v) is 15.1. The number of carbonyl (C=O) groups is 1. The van der Waals surface area contributed by atoms with Crippen molar-refractivity contribution in [1.82, 2.24) is 0 Å². The summed E-state index contributed by atoms with van der Waals surface area (Å²) < 4.78 is 0. The van der Waals surface area contributed by atoms with Crippen molar-refractivity contribution in [2.24, 2.45) is 58.2 Å². The van der Waals surface area contributed by atoms with E-state index in [0.717, 1.165) is 60.2 Å². The van der Waals surface area contributed by atoms with Gasteiger partial charge in [-0.3, -0.25) is 4.79 Å². The van der Waals surface area contributed by atoms with Gasteiger partial charge in [0.05, 0.1) is 0 Å². The van der Waals surface area contributed by atoms with E-state index in [-0.39, 0.29) is 0 Å². The number of unbranched alkanes of at least 4 members (excludes halogenated alkanes) is 11. The fourth-order valence-corrected chi connectivity index (χ4v) is 12.3. The van der Waals surface area contributed by atoms with Crippen molar-refractivity contribution in [2.75, 3.05) is 0 Å². The zero-order valence-corrected chi connectivity index (χ0v) is 32.2. The number of carboxylic acid groups (broad SMARTS) is 1. The van der Waals surface area contributed by atoms with Crippen LogP contribution in [-0.4, -0.2) is 11.1 Å². The Morgan fingerprint density at radius 2 is 1.30 bits per heavy atom. The zero-order valence-electron chi connectivity index (χ0n) is 32.2. The van der Waals surface area contributed by atoms with Gasteiger partial charge in [0.1, 0.15) is 0 Å². The van der Waals surface area contributed by atoms with E-state index in [9.17, 15) is 4.79 Å². The molecule has 4 aliphatic rings. The molecular formula is C45H80O2. The van der Waals surface area contributed by atoms with Gasteiger partial charge in [0.15, 0.2) is 0 Å². The quantitative estimate of drug-likeness (QED) is 0.0933. The molecule has 0 bridgehead atoms. The lowest BCUT2D eigenvalue weighted by molar-refractivity contribution is -0.137. The van der Waals surface area contributed by atoms with Gasteiger partial charge in [-0.15, -0.1) is 0 Å². The predicted octanol–water partition coefficient (Wildman–Crippen LogP) is 14.2. The summed E-state index contributed by atoms with van der Waals surface area (Å²) in [6, 6.07) is 0. The lowest BCUT2D eigenvalue weighted by atomic mass is 9.44. The molecule has 9 atom stereocenters. The molecule has 4 fully saturated rings. The highest BCUT2D eigenvalue weighted by Crippen LogP contribution is 2.68. The second kappa shape index (κ2) is 19.6. The van der Waals surface area contributed by atoms with Crippen LogP contribution in [0.15, 0.2) is 12.2 Å². The Labute approximate surface area is 293 Å². The molecule has 0 saturated heterocycles. The zero-order chi connectivity index (χ0) is 33.7. The van der Waals surface area contributed by atoms with Crippen LogP contribution in [0.1, 0.15) is 208 Å². The number of rotatable bonds is 22. The molecule has 0 amide bonds. The fourth-order valence-electron chi connectivity index (χ4n) is 12.3. The summed E-state index contributed by atoms with van der Waals surface area (Å²) in [6.07, 6.45) is 41.5. The van der Waals surface area contributed by atoms with E-state index in [1.54, 1.807) is 44.9 Å². The minimum absolute atomic E-state index is 0.333. The second-order valence-electron chi connectivity index (χ2n) is 18.7. The molecule has 0 heterocycles. The first-order chi connectivity index (χ1) is 22.6. The van der Waals surface area contributed by atoms with E-state index in [1.165, 1.54) is 109 Å². The van der Waals surface area contributed by atoms with Crippen LogP contribution in [0.25, 0.3) is 0 Å². The Morgan fingerprint density at radius 1 is 0.681 bits per heavy atom. The van der Waals surface area contributed by atoms with E-state index >= 15 is 0 Å². The lowest BCUT2D eigenvalue weighted by Crippen LogP contribution is -2.53. The summed E-state index contributed by atoms with van der Waals surface area (Å²) >= 11 is 0. The van der Waals surface area contributed by atoms with Crippen molar-refractivity contribution in [3.63, 3.8) is 0 Å². The van der Waals surface area contributed by atoms with Crippen LogP contribution >= 0.6 is 0 Å². The SMILES string of the molecule is CC(C)CCC[C@@H](C)[C@H]1CCC2C3CCC4CC(CCCCCCCCC=CCCCCCCCC(=O)O)CC[C@]4(C)C3CC[C@@]21C. The summed E-state index contributed by atoms with van der Waals surface area (Å²) in [7, 11) is 0. The lowest BCUT2D eigenvalue weighted by Gasteiger charge is -2.61. The maximum atomic E-state index is 10.6. The largest absolute Gasteiger partial charge is 0.481 e. The minimum atomic E-state index is -0.655. The van der Waals surface area contributed by atoms with Crippen LogP contribution in [0.2, 0.25) is 0 Å². The van der Waals surface area contributed by atoms with Crippen LogP contribution in [0.3, 0.4) is 0 Å². The van der Waals surface area contributed by atoms with Gasteiger partial charge in [-0.1, -0.05) is 124 Å². The van der Waals surface area contributed by atoms with Crippen molar-refractivity contribution in [1.29, 1.82) is 0 Å². The maximum Gasteiger partial charge on any atom is 0.303 e. The third-order valence-electron chi connectivity index (χ3n) is 15.1. The summed E-state index contributed by atoms with van der Waals surface area (Å²) in [6.45, 7) is 13.0. The summed E-state index contributed by atoms with van der Waals surface area (Å²) in [4.78, 5) is 10.6. The molecule has 0 aromatic heterocycles. The van der Waals surface area contributed by atoms with Crippen molar-refractivity contribution < 1.29 is 9.90 Å². The Balaban J connectivity index is 1.06. The number of hydrogen-bond acceptors (Lipinski definition) is 1. The monoisotopic (exact) mass is 653 g/mol. The highest BCUT2D eigenvalue weighted by molar-refractivity contribution is 5.66. The molecule has 0 aliphatic heterocycles. The molecule has 4 saturated carbocycles. The molecule has 4 rings (SSSR count). The molecular weight excluding hydrogens is 572 g/mol. The van der Waals surface area contributed by atoms with Crippen molar-refractivity contribution >= 4 is 5.97 Å². The molecule has 272 valence electrons. The van der Waals surface area contributed by atoms with Crippen LogP contribution in [0.4, 0.5) is 0 Å². The Kier molecular flexibility index (Phi) is 16.2. The Hall–Kier alpha value is -0.790. The standard InChI is InChI=1S/C45H80O2/c1-35(2)22-21-23-36(3)40-28-29-41-39-27-26-38-34-37(30-32-44(38,4)42(39)31-33-45(40,41)5)24-19-17-15-13-11-9-7-6-8-10-12-14-16-18-20-25-43(46)47/h6,8,35-42H,7,9-34H2,1-5H3,(H,46,47)/t36-,37?,38?,39?,40-,41?,42?,44+,45-/m1/s1. The van der Waals surface area contributed by atoms with Gasteiger partial charge < -0.3 is 5.11 Å². The number of hydrogen-bond donors (Lipinski definition) is 1. The molecule has 0 aromatic rings. The smallest absolute Gasteiger partial charge is 0.303 e. The van der Waals surface area contributed by atoms with Crippen LogP contribution in [0.5, 0.6) is 0 Å². The van der Waals surface area contributed by atoms with E-state index in [1.807, 2.05) is 0 Å². The van der Waals surface area contributed by atoms with Gasteiger partial charge in [-0.05, 0) is 148 Å². The van der Waals surface area contributed by atoms with Crippen molar-refractivity contribution in [3.05, 3.63) is 12.2 Å². The van der Waals surface area contributed by atoms with E-state index in [4.69, 9.17) is 5.11 Å². The average molecular weight is 653 g/mol. The number of fused-ring (bicyclic) bond motifs is 5. The topological polar surface area (TPSA) is 37.3 Å². The van der Waals surface area contributed by atoms with E-state index < -0.39 is 5.97 Å². The van der Waals surface area contributed by atoms with Gasteiger partial charge in [0.2, 0.25) is 0 Å². The molecule has 5 unspecified atom stereocenters. The maximum absolute atomic E-state index is 10.6. The molecule has 0 radical (unpaired) electrons. The van der Waals surface area contributed by atoms with Gasteiger partial charge in [-0.2, -0.15) is 0 Å². The van der Waals surface area contributed by atoms with Crippen molar-refractivity contribution in [2.45, 2.75) is 208 Å². The predicted molar refractivity (Wildman–Crippen MR) is 203 cm³/mol. The van der Waals surface area contributed by atoms with Crippen LogP contribution < -0.4 is 0 Å². The normalized spacial score (nSPS) is 34.3. The van der Waals surface area contributed by atoms with Crippen LogP contribution in [0, 0.1) is 58.2 Å². The van der Waals surface area contributed by atoms with Gasteiger partial charge in [0, 0.05) is 6.42 Å². The number of carboxylic acids is 1. The van der Waals surface area contributed by atoms with Crippen molar-refractivity contribution in [3.8, 4) is 0 Å². The molecule has 0 spiro atoms. The van der Waals surface area contributed by atoms with E-state index in [0.29, 0.717) is 17.3 Å². The van der Waals surface area contributed by atoms with Gasteiger partial charge >= 0.3 is 5.97 Å². The summed E-state index contributed by atoms with van der Waals surface area (Å²) in [5.41, 5.74) is 1.29. The van der Waals surface area contributed by atoms with E-state index in [2.05, 4.69) is 46.8 Å². The number of aliphatic carboxylic acids is 1. The van der Waals surface area contributed by atoms with Gasteiger partial charge in [0.25, 0.3) is 0 Å². The summed E-state index contributed by atoms with van der Waals surface area (Å²) in [5.74, 6) is 7.29. The Bertz CT molecular complexity index is 921. The molecule has 0 aromatic carbocycles. The first-order valence-electron chi connectivity index (χ1n) is 21.5. The molecule has 2 nitrogen and oxygen atoms in total. The molecule has 4 aliphatic carbocycles.